The Balaban J connectivity index is 2.23. The average Bonchev–Trinajstić information content (AvgIpc) is 2.35. The summed E-state index contributed by atoms with van der Waals surface area (Å²) in [7, 11) is 1.80. The lowest BCUT2D eigenvalue weighted by Gasteiger charge is -2.21. The molecule has 1 aromatic carbocycles. The van der Waals surface area contributed by atoms with Gasteiger partial charge in [0.05, 0.1) is 6.61 Å². The molecule has 0 bridgehead atoms. The molecule has 0 aliphatic rings. The second-order valence-electron chi connectivity index (χ2n) is 4.50. The number of carbonyl (C=O) groups is 1. The maximum absolute atomic E-state index is 12.6. The van der Waals surface area contributed by atoms with E-state index in [1.54, 1.807) is 24.1 Å². The van der Waals surface area contributed by atoms with E-state index in [0.717, 1.165) is 0 Å². The predicted octanol–water partition coefficient (Wildman–Crippen LogP) is 2.85. The summed E-state index contributed by atoms with van der Waals surface area (Å²) in [6.45, 7) is 4.42. The molecule has 0 saturated carbocycles. The van der Waals surface area contributed by atoms with Gasteiger partial charge in [-0.05, 0) is 44.5 Å². The van der Waals surface area contributed by atoms with E-state index in [1.807, 2.05) is 13.8 Å². The summed E-state index contributed by atoms with van der Waals surface area (Å²) in [5.41, 5.74) is 0. The van der Waals surface area contributed by atoms with Crippen molar-refractivity contribution in [3.05, 3.63) is 30.1 Å². The van der Waals surface area contributed by atoms with Crippen molar-refractivity contribution in [2.24, 2.45) is 0 Å². The van der Waals surface area contributed by atoms with Gasteiger partial charge in [0.1, 0.15) is 11.6 Å². The van der Waals surface area contributed by atoms with Gasteiger partial charge in [0.15, 0.2) is 0 Å². The van der Waals surface area contributed by atoms with Gasteiger partial charge < -0.3 is 9.64 Å². The third kappa shape index (κ3) is 4.73. The van der Waals surface area contributed by atoms with Crippen molar-refractivity contribution in [2.75, 3.05) is 13.7 Å². The number of halogens is 1. The third-order valence-electron chi connectivity index (χ3n) is 2.79. The highest BCUT2D eigenvalue weighted by Gasteiger charge is 2.10. The molecule has 0 fully saturated rings. The molecule has 3 nitrogen and oxygen atoms in total. The van der Waals surface area contributed by atoms with E-state index in [2.05, 4.69) is 0 Å². The smallest absolute Gasteiger partial charge is 0.222 e. The summed E-state index contributed by atoms with van der Waals surface area (Å²) in [5.74, 6) is 0.463. The third-order valence-corrected chi connectivity index (χ3v) is 2.79. The summed E-state index contributed by atoms with van der Waals surface area (Å²) in [5, 5.41) is 0. The van der Waals surface area contributed by atoms with Gasteiger partial charge in [-0.2, -0.15) is 0 Å². The van der Waals surface area contributed by atoms with Crippen molar-refractivity contribution < 1.29 is 13.9 Å². The van der Waals surface area contributed by atoms with Crippen molar-refractivity contribution in [3.8, 4) is 5.75 Å². The van der Waals surface area contributed by atoms with E-state index in [0.29, 0.717) is 25.2 Å². The Hall–Kier alpha value is -1.58. The van der Waals surface area contributed by atoms with Crippen LogP contribution in [-0.2, 0) is 4.79 Å². The Kier molecular flexibility index (Phi) is 5.62. The molecule has 0 aliphatic carbocycles. The predicted molar refractivity (Wildman–Crippen MR) is 69.0 cm³/mol. The van der Waals surface area contributed by atoms with Crippen LogP contribution in [0.25, 0.3) is 0 Å². The van der Waals surface area contributed by atoms with Gasteiger partial charge in [-0.1, -0.05) is 0 Å². The monoisotopic (exact) mass is 253 g/mol. The summed E-state index contributed by atoms with van der Waals surface area (Å²) in [6, 6.07) is 6.09. The fourth-order valence-corrected chi connectivity index (χ4v) is 1.41. The minimum absolute atomic E-state index is 0.118. The molecule has 100 valence electrons. The maximum Gasteiger partial charge on any atom is 0.222 e. The Morgan fingerprint density at radius 3 is 2.50 bits per heavy atom. The van der Waals surface area contributed by atoms with Crippen LogP contribution < -0.4 is 4.74 Å². The molecule has 0 unspecified atom stereocenters. The van der Waals surface area contributed by atoms with Crippen LogP contribution in [-0.4, -0.2) is 30.5 Å². The molecule has 1 rings (SSSR count). The molecule has 0 atom stereocenters. The van der Waals surface area contributed by atoms with Gasteiger partial charge >= 0.3 is 0 Å². The van der Waals surface area contributed by atoms with Gasteiger partial charge in [-0.15, -0.1) is 0 Å². The average molecular weight is 253 g/mol. The Labute approximate surface area is 108 Å². The molecule has 18 heavy (non-hydrogen) atoms. The number of rotatable bonds is 6. The molecule has 0 saturated heterocycles. The molecule has 1 aromatic rings. The molecule has 0 radical (unpaired) electrons. The van der Waals surface area contributed by atoms with E-state index in [-0.39, 0.29) is 17.8 Å². The number of hydrogen-bond acceptors (Lipinski definition) is 2. The fraction of sp³-hybridized carbons (Fsp3) is 0.500. The molecule has 0 heterocycles. The number of ether oxygens (including phenoxy) is 1. The summed E-state index contributed by atoms with van der Waals surface area (Å²) in [4.78, 5) is 13.4. The van der Waals surface area contributed by atoms with Crippen molar-refractivity contribution in [2.45, 2.75) is 32.7 Å². The van der Waals surface area contributed by atoms with Crippen LogP contribution in [0, 0.1) is 5.82 Å². The minimum Gasteiger partial charge on any atom is -0.494 e. The second-order valence-corrected chi connectivity index (χ2v) is 4.50. The van der Waals surface area contributed by atoms with Crippen molar-refractivity contribution >= 4 is 5.91 Å². The first-order valence-electron chi connectivity index (χ1n) is 6.14. The standard InChI is InChI=1S/C14H20FNO2/c1-11(2)16(3)14(17)5-4-10-18-13-8-6-12(15)7-9-13/h6-9,11H,4-5,10H2,1-3H3. The lowest BCUT2D eigenvalue weighted by atomic mass is 10.2. The number of amides is 1. The highest BCUT2D eigenvalue weighted by atomic mass is 19.1. The molecule has 4 heteroatoms. The van der Waals surface area contributed by atoms with E-state index in [4.69, 9.17) is 4.74 Å². The van der Waals surface area contributed by atoms with Crippen LogP contribution in [0.3, 0.4) is 0 Å². The van der Waals surface area contributed by atoms with Gasteiger partial charge in [0, 0.05) is 19.5 Å². The van der Waals surface area contributed by atoms with Crippen LogP contribution >= 0.6 is 0 Å². The molecular formula is C14H20FNO2. The quantitative estimate of drug-likeness (QED) is 0.730. The number of carbonyl (C=O) groups excluding carboxylic acids is 1. The molecule has 0 aromatic heterocycles. The van der Waals surface area contributed by atoms with Crippen molar-refractivity contribution in [1.29, 1.82) is 0 Å². The molecule has 1 amide bonds. The summed E-state index contributed by atoms with van der Waals surface area (Å²) in [6.07, 6.45) is 1.13. The molecule has 0 aliphatic heterocycles. The van der Waals surface area contributed by atoms with Gasteiger partial charge in [0.25, 0.3) is 0 Å². The summed E-state index contributed by atoms with van der Waals surface area (Å²) >= 11 is 0. The van der Waals surface area contributed by atoms with Crippen LogP contribution in [0.5, 0.6) is 5.75 Å². The first kappa shape index (κ1) is 14.5. The lowest BCUT2D eigenvalue weighted by Crippen LogP contribution is -2.32. The van der Waals surface area contributed by atoms with Gasteiger partial charge in [-0.3, -0.25) is 4.79 Å². The van der Waals surface area contributed by atoms with Gasteiger partial charge in [-0.25, -0.2) is 4.39 Å². The Bertz CT molecular complexity index is 376. The second kappa shape index (κ2) is 6.99. The van der Waals surface area contributed by atoms with E-state index < -0.39 is 0 Å². The normalized spacial score (nSPS) is 10.5. The Morgan fingerprint density at radius 1 is 1.33 bits per heavy atom. The topological polar surface area (TPSA) is 29.5 Å². The zero-order valence-corrected chi connectivity index (χ0v) is 11.1. The lowest BCUT2D eigenvalue weighted by molar-refractivity contribution is -0.131. The van der Waals surface area contributed by atoms with Gasteiger partial charge in [0.2, 0.25) is 5.91 Å². The zero-order valence-electron chi connectivity index (χ0n) is 11.1. The highest BCUT2D eigenvalue weighted by molar-refractivity contribution is 5.76. The first-order chi connectivity index (χ1) is 8.50. The van der Waals surface area contributed by atoms with Crippen LogP contribution in [0.2, 0.25) is 0 Å². The molecule has 0 spiro atoms. The molecular weight excluding hydrogens is 233 g/mol. The molecule has 0 N–H and O–H groups in total. The van der Waals surface area contributed by atoms with Crippen LogP contribution in [0.15, 0.2) is 24.3 Å². The first-order valence-corrected chi connectivity index (χ1v) is 6.14. The SMILES string of the molecule is CC(C)N(C)C(=O)CCCOc1ccc(F)cc1. The largest absolute Gasteiger partial charge is 0.494 e. The maximum atomic E-state index is 12.6. The van der Waals surface area contributed by atoms with E-state index in [1.165, 1.54) is 12.1 Å². The van der Waals surface area contributed by atoms with E-state index in [9.17, 15) is 9.18 Å². The highest BCUT2D eigenvalue weighted by Crippen LogP contribution is 2.11. The number of hydrogen-bond donors (Lipinski definition) is 0. The number of nitrogens with zero attached hydrogens (tertiary/aromatic N) is 1. The minimum atomic E-state index is -0.281. The Morgan fingerprint density at radius 2 is 1.94 bits per heavy atom. The van der Waals surface area contributed by atoms with Crippen molar-refractivity contribution in [3.63, 3.8) is 0 Å². The summed E-state index contributed by atoms with van der Waals surface area (Å²) < 4.78 is 18.1. The zero-order chi connectivity index (χ0) is 13.5. The van der Waals surface area contributed by atoms with Crippen LogP contribution in [0.4, 0.5) is 4.39 Å². The van der Waals surface area contributed by atoms with Crippen molar-refractivity contribution in [1.82, 2.24) is 4.90 Å². The van der Waals surface area contributed by atoms with E-state index >= 15 is 0 Å². The number of benzene rings is 1. The fourth-order valence-electron chi connectivity index (χ4n) is 1.41. The van der Waals surface area contributed by atoms with Crippen LogP contribution in [0.1, 0.15) is 26.7 Å².